The second kappa shape index (κ2) is 8.49. The minimum absolute atomic E-state index is 0.0696. The molecule has 2 rings (SSSR count). The first-order valence-electron chi connectivity index (χ1n) is 8.27. The highest BCUT2D eigenvalue weighted by Crippen LogP contribution is 2.21. The molecule has 1 atom stereocenters. The van der Waals surface area contributed by atoms with E-state index in [1.165, 1.54) is 10.6 Å². The van der Waals surface area contributed by atoms with Crippen molar-refractivity contribution in [3.05, 3.63) is 42.1 Å². The normalized spacial score (nSPS) is 13.0. The minimum atomic E-state index is -0.374. The average Bonchev–Trinajstić information content (AvgIpc) is 2.56. The van der Waals surface area contributed by atoms with Crippen molar-refractivity contribution in [1.29, 1.82) is 0 Å². The topological polar surface area (TPSA) is 42.4 Å². The van der Waals surface area contributed by atoms with Gasteiger partial charge >= 0.3 is 0 Å². The molecule has 2 aromatic rings. The van der Waals surface area contributed by atoms with Crippen LogP contribution in [0.15, 0.2) is 36.5 Å². The van der Waals surface area contributed by atoms with Crippen LogP contribution in [0.4, 0.5) is 0 Å². The fourth-order valence-electron chi connectivity index (χ4n) is 2.38. The first kappa shape index (κ1) is 18.7. The van der Waals surface area contributed by atoms with Gasteiger partial charge in [0.1, 0.15) is 0 Å². The Morgan fingerprint density at radius 1 is 1.33 bits per heavy atom. The molecule has 5 heteroatoms. The number of benzene rings is 1. The number of rotatable bonds is 8. The molecule has 0 saturated carbocycles. The van der Waals surface area contributed by atoms with Crippen molar-refractivity contribution in [2.45, 2.75) is 51.5 Å². The Kier molecular flexibility index (Phi) is 6.63. The number of hydrogen-bond donors (Lipinski definition) is 0. The molecule has 0 aliphatic carbocycles. The minimum Gasteiger partial charge on any atom is -0.276 e. The Labute approximate surface area is 148 Å². The van der Waals surface area contributed by atoms with Crippen molar-refractivity contribution in [2.75, 3.05) is 5.75 Å². The van der Waals surface area contributed by atoms with Crippen molar-refractivity contribution in [3.8, 4) is 0 Å². The second-order valence-corrected chi connectivity index (χ2v) is 7.81. The lowest BCUT2D eigenvalue weighted by Crippen LogP contribution is -2.41. The number of carbonyl (C=O) groups is 1. The van der Waals surface area contributed by atoms with Gasteiger partial charge < -0.3 is 0 Å². The van der Waals surface area contributed by atoms with E-state index in [1.54, 1.807) is 11.8 Å². The van der Waals surface area contributed by atoms with Gasteiger partial charge in [0.05, 0.1) is 17.2 Å². The van der Waals surface area contributed by atoms with E-state index in [2.05, 4.69) is 24.0 Å². The Bertz CT molecular complexity index is 670. The molecule has 0 N–H and O–H groups in total. The summed E-state index contributed by atoms with van der Waals surface area (Å²) in [7, 11) is 0. The maximum atomic E-state index is 11.3. The fraction of sp³-hybridized carbons (Fsp3) is 0.474. The lowest BCUT2D eigenvalue weighted by molar-refractivity contribution is -0.229. The predicted octanol–water partition coefficient (Wildman–Crippen LogP) is 4.44. The standard InChI is InChI=1S/C19H26N2O2S/c1-5-17(21(14-22)23-19(2,3)4)13-24-12-15-10-16-8-6-7-9-18(16)20-11-15/h6-11,14,17H,5,12-13H2,1-4H3/t17-/m0/s1. The maximum Gasteiger partial charge on any atom is 0.233 e. The van der Waals surface area contributed by atoms with Crippen LogP contribution < -0.4 is 0 Å². The molecule has 0 radical (unpaired) electrons. The van der Waals surface area contributed by atoms with E-state index >= 15 is 0 Å². The average molecular weight is 346 g/mol. The Hall–Kier alpha value is -1.59. The molecule has 0 bridgehead atoms. The van der Waals surface area contributed by atoms with Gasteiger partial charge in [-0.2, -0.15) is 11.8 Å². The van der Waals surface area contributed by atoms with E-state index in [-0.39, 0.29) is 11.6 Å². The monoisotopic (exact) mass is 346 g/mol. The van der Waals surface area contributed by atoms with Crippen molar-refractivity contribution in [3.63, 3.8) is 0 Å². The number of hydroxylamine groups is 2. The zero-order valence-electron chi connectivity index (χ0n) is 14.9. The lowest BCUT2D eigenvalue weighted by atomic mass is 10.2. The Morgan fingerprint density at radius 2 is 2.08 bits per heavy atom. The molecule has 1 amide bonds. The summed E-state index contributed by atoms with van der Waals surface area (Å²) in [4.78, 5) is 21.6. The van der Waals surface area contributed by atoms with E-state index in [0.29, 0.717) is 0 Å². The predicted molar refractivity (Wildman–Crippen MR) is 101 cm³/mol. The van der Waals surface area contributed by atoms with Gasteiger partial charge in [0, 0.05) is 23.1 Å². The molecule has 1 aromatic carbocycles. The third-order valence-corrected chi connectivity index (χ3v) is 4.70. The zero-order valence-corrected chi connectivity index (χ0v) is 15.7. The van der Waals surface area contributed by atoms with Crippen LogP contribution in [0.3, 0.4) is 0 Å². The molecule has 1 heterocycles. The van der Waals surface area contributed by atoms with E-state index in [0.717, 1.165) is 35.2 Å². The summed E-state index contributed by atoms with van der Waals surface area (Å²) in [6.45, 7) is 7.92. The number of thioether (sulfide) groups is 1. The highest BCUT2D eigenvalue weighted by molar-refractivity contribution is 7.98. The molecule has 130 valence electrons. The van der Waals surface area contributed by atoms with Crippen LogP contribution in [-0.4, -0.2) is 33.9 Å². The molecular formula is C19H26N2O2S. The van der Waals surface area contributed by atoms with Gasteiger partial charge in [-0.25, -0.2) is 5.06 Å². The number of carbonyl (C=O) groups excluding carboxylic acids is 1. The molecule has 0 unspecified atom stereocenters. The van der Waals surface area contributed by atoms with Crippen molar-refractivity contribution < 1.29 is 9.63 Å². The van der Waals surface area contributed by atoms with E-state index in [1.807, 2.05) is 45.2 Å². The number of pyridine rings is 1. The van der Waals surface area contributed by atoms with Crippen molar-refractivity contribution in [1.82, 2.24) is 10.0 Å². The summed E-state index contributed by atoms with van der Waals surface area (Å²) in [5.74, 6) is 1.70. The van der Waals surface area contributed by atoms with Gasteiger partial charge in [0.2, 0.25) is 6.41 Å². The largest absolute Gasteiger partial charge is 0.276 e. The quantitative estimate of drug-likeness (QED) is 0.524. The summed E-state index contributed by atoms with van der Waals surface area (Å²) in [6, 6.07) is 10.4. The van der Waals surface area contributed by atoms with Crippen LogP contribution in [0.5, 0.6) is 0 Å². The summed E-state index contributed by atoms with van der Waals surface area (Å²) in [5, 5.41) is 2.62. The fourth-order valence-corrected chi connectivity index (χ4v) is 3.54. The second-order valence-electron chi connectivity index (χ2n) is 6.78. The highest BCUT2D eigenvalue weighted by Gasteiger charge is 2.22. The lowest BCUT2D eigenvalue weighted by Gasteiger charge is -2.32. The van der Waals surface area contributed by atoms with Crippen LogP contribution >= 0.6 is 11.8 Å². The number of para-hydroxylation sites is 1. The molecule has 0 aliphatic heterocycles. The zero-order chi connectivity index (χ0) is 17.6. The summed E-state index contributed by atoms with van der Waals surface area (Å²) >= 11 is 1.80. The van der Waals surface area contributed by atoms with Crippen molar-refractivity contribution in [2.24, 2.45) is 0 Å². The molecule has 0 saturated heterocycles. The first-order chi connectivity index (χ1) is 11.4. The van der Waals surface area contributed by atoms with Crippen LogP contribution in [-0.2, 0) is 15.4 Å². The van der Waals surface area contributed by atoms with Crippen LogP contribution in [0, 0.1) is 0 Å². The highest BCUT2D eigenvalue weighted by atomic mass is 32.2. The van der Waals surface area contributed by atoms with Crippen LogP contribution in [0.1, 0.15) is 39.7 Å². The summed E-state index contributed by atoms with van der Waals surface area (Å²) in [5.41, 5.74) is 1.84. The maximum absolute atomic E-state index is 11.3. The van der Waals surface area contributed by atoms with Gasteiger partial charge in [-0.3, -0.25) is 14.6 Å². The Morgan fingerprint density at radius 3 is 2.75 bits per heavy atom. The van der Waals surface area contributed by atoms with Gasteiger partial charge in [-0.05, 0) is 44.9 Å². The van der Waals surface area contributed by atoms with Crippen LogP contribution in [0.2, 0.25) is 0 Å². The van der Waals surface area contributed by atoms with Crippen LogP contribution in [0.25, 0.3) is 10.9 Å². The van der Waals surface area contributed by atoms with E-state index < -0.39 is 0 Å². The van der Waals surface area contributed by atoms with E-state index in [9.17, 15) is 4.79 Å². The number of aromatic nitrogens is 1. The van der Waals surface area contributed by atoms with Gasteiger partial charge in [0.25, 0.3) is 0 Å². The molecule has 4 nitrogen and oxygen atoms in total. The third kappa shape index (κ3) is 5.49. The first-order valence-corrected chi connectivity index (χ1v) is 9.42. The number of nitrogens with zero attached hydrogens (tertiary/aromatic N) is 2. The number of amides is 1. The molecule has 0 aliphatic rings. The molecular weight excluding hydrogens is 320 g/mol. The van der Waals surface area contributed by atoms with Gasteiger partial charge in [-0.1, -0.05) is 25.1 Å². The molecule has 1 aromatic heterocycles. The third-order valence-electron chi connectivity index (χ3n) is 3.54. The molecule has 0 spiro atoms. The smallest absolute Gasteiger partial charge is 0.233 e. The molecule has 24 heavy (non-hydrogen) atoms. The van der Waals surface area contributed by atoms with Gasteiger partial charge in [-0.15, -0.1) is 0 Å². The Balaban J connectivity index is 1.93. The molecule has 0 fully saturated rings. The summed E-state index contributed by atoms with van der Waals surface area (Å²) < 4.78 is 0. The SMILES string of the molecule is CC[C@@H](CSCc1cnc2ccccc2c1)N(C=O)OC(C)(C)C. The number of fused-ring (bicyclic) bond motifs is 1. The van der Waals surface area contributed by atoms with Gasteiger partial charge in [0.15, 0.2) is 0 Å². The van der Waals surface area contributed by atoms with Crippen molar-refractivity contribution >= 4 is 29.1 Å². The van der Waals surface area contributed by atoms with E-state index in [4.69, 9.17) is 4.84 Å². The summed E-state index contributed by atoms with van der Waals surface area (Å²) in [6.07, 6.45) is 3.58. The number of hydrogen-bond acceptors (Lipinski definition) is 4.